The smallest absolute Gasteiger partial charge is 0.326 e. The lowest BCUT2D eigenvalue weighted by Crippen LogP contribution is -2.61. The van der Waals surface area contributed by atoms with Crippen molar-refractivity contribution in [1.82, 2.24) is 74.1 Å². The number of carbonyl (C=O) groups excluding carboxylic acids is 15. The molecule has 0 aliphatic heterocycles. The number of phenols is 1. The number of nitrogens with two attached hydrogens (primary N) is 5. The molecule has 0 bridgehead atoms. The fourth-order valence-corrected chi connectivity index (χ4v) is 11.9. The molecule has 1 aromatic heterocycles. The third-order valence-corrected chi connectivity index (χ3v) is 18.8. The molecule has 0 aliphatic carbocycles. The van der Waals surface area contributed by atoms with Crippen molar-refractivity contribution >= 4 is 123 Å². The van der Waals surface area contributed by atoms with Crippen molar-refractivity contribution in [2.24, 2.45) is 46.4 Å². The van der Waals surface area contributed by atoms with Gasteiger partial charge in [-0.05, 0) is 112 Å². The van der Waals surface area contributed by atoms with Gasteiger partial charge in [-0.2, -0.15) is 0 Å². The standard InChI is InChI=1S/C75H113N19O25/c1-7-38(6)62(74(117)90-52(75(118)119)32-59(104)105)94-70(113)49(29-40-33-81-44-15-9-8-14-42(40)44)87-67(110)47(23-25-58(102)103)83-71(114)53(35-95)91-69(112)51(31-55(80)98)89-65(108)45(16-10-12-26-76)84-72(115)60(36(2)3)92-56(99)34-82-64(107)48(28-39-18-20-41(96)21-19-39)86-68(111)50(30-54(79)97)88-66(109)46(17-11-13-27-77)85-73(116)61(37(4)5)93-63(106)43(78)22-24-57(100)101/h8-9,14-15,18-21,33,36-38,43,45-53,60-62,81,95-96H,7,10-13,16-17,22-32,34-35,76-78H2,1-6H3,(H2,79,97)(H2,80,98)(H,82,107)(H,83,114)(H,84,115)(H,85,116)(H,86,111)(H,87,110)(H,88,109)(H,89,108)(H,90,117)(H,91,112)(H,92,99)(H,93,106)(H,94,113)(H,100,101)(H,102,103)(H,104,105)(H,118,119)/t38-,43-,45-,46-,47-,48-,49-,50-,51-,52-,53-,60-,61-,62-/m0/s1. The normalized spacial score (nSPS) is 14.7. The van der Waals surface area contributed by atoms with Gasteiger partial charge in [-0.25, -0.2) is 4.79 Å². The van der Waals surface area contributed by atoms with Gasteiger partial charge in [-0.1, -0.05) is 78.3 Å². The number of aromatic amines is 1. The van der Waals surface area contributed by atoms with Crippen molar-refractivity contribution in [3.8, 4) is 5.75 Å². The molecule has 3 rings (SSSR count). The number of carbonyl (C=O) groups is 19. The van der Waals surface area contributed by atoms with E-state index in [1.165, 1.54) is 51.2 Å². The van der Waals surface area contributed by atoms with Gasteiger partial charge in [-0.15, -0.1) is 0 Å². The summed E-state index contributed by atoms with van der Waals surface area (Å²) in [6.07, 6.45) is -3.64. The molecule has 44 nitrogen and oxygen atoms in total. The molecule has 3 aromatic rings. The van der Waals surface area contributed by atoms with E-state index < -0.39 is 260 Å². The first kappa shape index (κ1) is 101. The predicted octanol–water partition coefficient (Wildman–Crippen LogP) is -6.43. The van der Waals surface area contributed by atoms with Gasteiger partial charge in [0.1, 0.15) is 78.3 Å². The fraction of sp³-hybridized carbons (Fsp3) is 0.560. The quantitative estimate of drug-likeness (QED) is 0.0234. The van der Waals surface area contributed by atoms with Crippen LogP contribution in [-0.2, 0) is 104 Å². The number of aromatic hydroxyl groups is 1. The van der Waals surface area contributed by atoms with Gasteiger partial charge in [0.25, 0.3) is 0 Å². The number of aliphatic hydroxyl groups is 1. The van der Waals surface area contributed by atoms with Crippen LogP contribution < -0.4 is 97.8 Å². The molecule has 0 unspecified atom stereocenters. The van der Waals surface area contributed by atoms with Crippen molar-refractivity contribution < 1.29 is 122 Å². The Morgan fingerprint density at radius 3 is 1.30 bits per heavy atom. The van der Waals surface area contributed by atoms with Gasteiger partial charge in [0.15, 0.2) is 0 Å². The highest BCUT2D eigenvalue weighted by Crippen LogP contribution is 2.21. The van der Waals surface area contributed by atoms with Crippen LogP contribution in [0.25, 0.3) is 10.9 Å². The second-order valence-electron chi connectivity index (χ2n) is 29.1. The average molecular weight is 1680 g/mol. The van der Waals surface area contributed by atoms with Gasteiger partial charge in [0, 0.05) is 42.8 Å². The molecule has 0 fully saturated rings. The van der Waals surface area contributed by atoms with E-state index in [9.17, 15) is 117 Å². The molecule has 658 valence electrons. The number of fused-ring (bicyclic) bond motifs is 1. The van der Waals surface area contributed by atoms with Crippen LogP contribution in [0.15, 0.2) is 54.7 Å². The molecule has 0 spiro atoms. The number of carboxylic acid groups (broad SMARTS) is 4. The van der Waals surface area contributed by atoms with Crippen LogP contribution in [0, 0.1) is 17.8 Å². The van der Waals surface area contributed by atoms with Gasteiger partial charge >= 0.3 is 23.9 Å². The van der Waals surface area contributed by atoms with E-state index in [2.05, 4.69) is 74.1 Å². The molecule has 30 N–H and O–H groups in total. The number of phenolic OH excluding ortho intramolecular Hbond substituents is 1. The lowest BCUT2D eigenvalue weighted by Gasteiger charge is -2.29. The molecule has 0 saturated carbocycles. The Balaban J connectivity index is 1.90. The molecular weight excluding hydrogens is 1570 g/mol. The summed E-state index contributed by atoms with van der Waals surface area (Å²) in [5, 5.41) is 89.8. The molecule has 0 saturated heterocycles. The van der Waals surface area contributed by atoms with Crippen LogP contribution in [0.4, 0.5) is 0 Å². The summed E-state index contributed by atoms with van der Waals surface area (Å²) in [5.41, 5.74) is 29.7. The van der Waals surface area contributed by atoms with E-state index in [0.717, 1.165) is 0 Å². The minimum Gasteiger partial charge on any atom is -0.508 e. The number of aromatic nitrogens is 1. The van der Waals surface area contributed by atoms with E-state index in [4.69, 9.17) is 33.8 Å². The maximum atomic E-state index is 14.5. The topological polar surface area (TPSA) is 748 Å². The Hall–Kier alpha value is -12.4. The van der Waals surface area contributed by atoms with E-state index in [0.29, 0.717) is 28.5 Å². The zero-order chi connectivity index (χ0) is 89.5. The molecule has 15 amide bonds. The first-order chi connectivity index (χ1) is 56.0. The fourth-order valence-electron chi connectivity index (χ4n) is 11.9. The number of para-hydroxylation sites is 1. The molecular formula is C75H113N19O25. The number of carboxylic acids is 4. The zero-order valence-corrected chi connectivity index (χ0v) is 66.9. The van der Waals surface area contributed by atoms with Crippen LogP contribution in [0.5, 0.6) is 5.75 Å². The second kappa shape index (κ2) is 50.9. The highest BCUT2D eigenvalue weighted by molar-refractivity contribution is 6.02. The van der Waals surface area contributed by atoms with Crippen LogP contribution in [0.1, 0.15) is 143 Å². The number of aliphatic hydroxyl groups excluding tert-OH is 1. The Kier molecular flexibility index (Phi) is 43.1. The number of aliphatic carboxylic acids is 4. The molecule has 2 aromatic carbocycles. The van der Waals surface area contributed by atoms with Gasteiger partial charge in [0.2, 0.25) is 88.6 Å². The number of unbranched alkanes of at least 4 members (excludes halogenated alkanes) is 2. The summed E-state index contributed by atoms with van der Waals surface area (Å²) < 4.78 is 0. The van der Waals surface area contributed by atoms with E-state index in [1.807, 2.05) is 0 Å². The predicted molar refractivity (Wildman–Crippen MR) is 421 cm³/mol. The van der Waals surface area contributed by atoms with Crippen molar-refractivity contribution in [2.75, 3.05) is 26.2 Å². The maximum absolute atomic E-state index is 14.5. The van der Waals surface area contributed by atoms with Crippen molar-refractivity contribution in [3.63, 3.8) is 0 Å². The minimum atomic E-state index is -2.09. The Morgan fingerprint density at radius 2 is 0.832 bits per heavy atom. The summed E-state index contributed by atoms with van der Waals surface area (Å²) in [6, 6.07) is -9.98. The van der Waals surface area contributed by atoms with Gasteiger partial charge < -0.3 is 133 Å². The molecule has 14 atom stereocenters. The van der Waals surface area contributed by atoms with Crippen LogP contribution in [0.3, 0.4) is 0 Å². The minimum absolute atomic E-state index is 0.0782. The van der Waals surface area contributed by atoms with E-state index >= 15 is 0 Å². The molecule has 0 aliphatic rings. The number of primary amides is 2. The highest BCUT2D eigenvalue weighted by Gasteiger charge is 2.40. The summed E-state index contributed by atoms with van der Waals surface area (Å²) >= 11 is 0. The number of hydrogen-bond acceptors (Lipinski definition) is 24. The third kappa shape index (κ3) is 35.5. The summed E-state index contributed by atoms with van der Waals surface area (Å²) in [6.45, 7) is 7.26. The first-order valence-corrected chi connectivity index (χ1v) is 38.5. The van der Waals surface area contributed by atoms with Crippen molar-refractivity contribution in [3.05, 3.63) is 65.9 Å². The monoisotopic (exact) mass is 1680 g/mol. The number of H-pyrrole nitrogens is 1. The third-order valence-electron chi connectivity index (χ3n) is 18.8. The highest BCUT2D eigenvalue weighted by atomic mass is 16.4. The van der Waals surface area contributed by atoms with E-state index in [-0.39, 0.29) is 76.6 Å². The average Bonchev–Trinajstić information content (AvgIpc) is 1.75. The van der Waals surface area contributed by atoms with E-state index in [1.54, 1.807) is 45.0 Å². The number of hydrogen-bond donors (Lipinski definition) is 25. The number of nitrogens with one attached hydrogen (secondary N) is 14. The number of amides is 15. The van der Waals surface area contributed by atoms with Crippen LogP contribution >= 0.6 is 0 Å². The number of rotatable bonds is 56. The van der Waals surface area contributed by atoms with Gasteiger partial charge in [-0.3, -0.25) is 86.3 Å². The largest absolute Gasteiger partial charge is 0.508 e. The molecule has 119 heavy (non-hydrogen) atoms. The lowest BCUT2D eigenvalue weighted by atomic mass is 9.96. The van der Waals surface area contributed by atoms with Crippen LogP contribution in [0.2, 0.25) is 0 Å². The summed E-state index contributed by atoms with van der Waals surface area (Å²) in [5.74, 6) is -25.2. The Bertz CT molecular complexity index is 4050. The van der Waals surface area contributed by atoms with Crippen molar-refractivity contribution in [2.45, 2.75) is 223 Å². The van der Waals surface area contributed by atoms with Crippen molar-refractivity contribution in [1.29, 1.82) is 0 Å². The SMILES string of the molecule is CC[C@H](C)[C@H](NC(=O)[C@H](Cc1c[nH]c2ccccc12)NC(=O)[C@H](CCC(=O)O)NC(=O)[C@H](CO)NC(=O)[C@H](CC(N)=O)NC(=O)[C@H](CCCCN)NC(=O)[C@@H](NC(=O)CNC(=O)[C@H](Cc1ccc(O)cc1)NC(=O)[C@H](CC(N)=O)NC(=O)[C@H](CCCCN)NC(=O)[C@@H](NC(=O)[C@@H](N)CCC(=O)O)C(C)C)C(C)C)C(=O)N[C@@H](CC(=O)O)C(=O)O. The Labute approximate surface area is 683 Å². The second-order valence-corrected chi connectivity index (χ2v) is 29.1. The molecule has 0 radical (unpaired) electrons. The first-order valence-electron chi connectivity index (χ1n) is 38.5. The molecule has 1 heterocycles. The zero-order valence-electron chi connectivity index (χ0n) is 66.9. The van der Waals surface area contributed by atoms with Crippen LogP contribution in [-0.4, -0.2) is 253 Å². The summed E-state index contributed by atoms with van der Waals surface area (Å²) in [7, 11) is 0. The lowest BCUT2D eigenvalue weighted by molar-refractivity contribution is -0.147. The number of benzene rings is 2. The Morgan fingerprint density at radius 1 is 0.420 bits per heavy atom. The molecule has 44 heteroatoms. The van der Waals surface area contributed by atoms with Gasteiger partial charge in [0.05, 0.1) is 38.5 Å². The maximum Gasteiger partial charge on any atom is 0.326 e. The summed E-state index contributed by atoms with van der Waals surface area (Å²) in [4.78, 5) is 257.